The molecule has 6 nitrogen and oxygen atoms in total. The standard InChI is InChI=1S/C14H14N4O2S/c1-8-4-5-11(6-9(8)2)15-12(19)7-21-14-16-13(20)10(3)17-18-14/h4-6H,3,7H2,1-2H3,(H,15,19). The van der Waals surface area contributed by atoms with Gasteiger partial charge in [0, 0.05) is 5.69 Å². The molecule has 1 N–H and O–H groups in total. The molecule has 1 aromatic carbocycles. The molecule has 0 atom stereocenters. The molecule has 0 unspecified atom stereocenters. The molecule has 2 rings (SSSR count). The van der Waals surface area contributed by atoms with Gasteiger partial charge in [-0.1, -0.05) is 24.4 Å². The van der Waals surface area contributed by atoms with Crippen molar-refractivity contribution in [3.8, 4) is 0 Å². The summed E-state index contributed by atoms with van der Waals surface area (Å²) < 4.78 is 0. The van der Waals surface area contributed by atoms with E-state index in [2.05, 4.69) is 27.1 Å². The second kappa shape index (κ2) is 6.45. The average molecular weight is 302 g/mol. The van der Waals surface area contributed by atoms with Crippen LogP contribution < -0.4 is 5.32 Å². The average Bonchev–Trinajstić information content (AvgIpc) is 2.44. The minimum atomic E-state index is -0.526. The van der Waals surface area contributed by atoms with Crippen molar-refractivity contribution >= 4 is 34.4 Å². The Bertz CT molecular complexity index is 680. The van der Waals surface area contributed by atoms with Gasteiger partial charge in [-0.05, 0) is 37.1 Å². The zero-order chi connectivity index (χ0) is 15.4. The van der Waals surface area contributed by atoms with Crippen molar-refractivity contribution in [3.63, 3.8) is 0 Å². The molecule has 0 saturated heterocycles. The van der Waals surface area contributed by atoms with E-state index in [4.69, 9.17) is 0 Å². The van der Waals surface area contributed by atoms with Crippen molar-refractivity contribution in [1.82, 2.24) is 0 Å². The third-order valence-electron chi connectivity index (χ3n) is 2.82. The molecule has 0 bridgehead atoms. The largest absolute Gasteiger partial charge is 0.325 e. The molecule has 0 aromatic heterocycles. The van der Waals surface area contributed by atoms with Crippen LogP contribution in [-0.4, -0.2) is 22.7 Å². The lowest BCUT2D eigenvalue weighted by Gasteiger charge is -2.08. The lowest BCUT2D eigenvalue weighted by molar-refractivity contribution is -0.115. The number of carbonyl (C=O) groups excluding carboxylic acids is 2. The minimum absolute atomic E-state index is 0.000989. The molecular formula is C14H14N4O2S. The molecule has 1 aliphatic rings. The molecular weight excluding hydrogens is 288 g/mol. The van der Waals surface area contributed by atoms with Crippen LogP contribution in [0.2, 0.25) is 0 Å². The second-order valence-electron chi connectivity index (χ2n) is 4.48. The molecule has 108 valence electrons. The molecule has 0 radical (unpaired) electrons. The van der Waals surface area contributed by atoms with Crippen molar-refractivity contribution in [2.24, 2.45) is 15.2 Å². The molecule has 7 heteroatoms. The Labute approximate surface area is 126 Å². The third kappa shape index (κ3) is 4.09. The lowest BCUT2D eigenvalue weighted by atomic mass is 10.1. The summed E-state index contributed by atoms with van der Waals surface area (Å²) in [6.07, 6.45) is 0. The number of hydrogen-bond acceptors (Lipinski definition) is 5. The van der Waals surface area contributed by atoms with Crippen molar-refractivity contribution in [2.45, 2.75) is 13.8 Å². The molecule has 1 aliphatic heterocycles. The number of amides is 2. The first-order valence-corrected chi connectivity index (χ1v) is 7.18. The van der Waals surface area contributed by atoms with Crippen molar-refractivity contribution < 1.29 is 9.59 Å². The van der Waals surface area contributed by atoms with Crippen LogP contribution in [0.5, 0.6) is 0 Å². The zero-order valence-corrected chi connectivity index (χ0v) is 12.5. The fourth-order valence-electron chi connectivity index (χ4n) is 1.53. The van der Waals surface area contributed by atoms with E-state index >= 15 is 0 Å². The van der Waals surface area contributed by atoms with Gasteiger partial charge in [0.1, 0.15) is 5.70 Å². The van der Waals surface area contributed by atoms with Crippen LogP contribution in [0.1, 0.15) is 11.1 Å². The van der Waals surface area contributed by atoms with Crippen LogP contribution in [0.3, 0.4) is 0 Å². The Balaban J connectivity index is 1.89. The van der Waals surface area contributed by atoms with Gasteiger partial charge in [-0.25, -0.2) is 0 Å². The van der Waals surface area contributed by atoms with E-state index in [0.717, 1.165) is 28.6 Å². The molecule has 0 fully saturated rings. The van der Waals surface area contributed by atoms with Gasteiger partial charge >= 0.3 is 0 Å². The quantitative estimate of drug-likeness (QED) is 0.871. The van der Waals surface area contributed by atoms with E-state index in [1.54, 1.807) is 0 Å². The van der Waals surface area contributed by atoms with Crippen LogP contribution in [0.25, 0.3) is 0 Å². The highest BCUT2D eigenvalue weighted by atomic mass is 32.2. The Morgan fingerprint density at radius 1 is 1.29 bits per heavy atom. The SMILES string of the molecule is C=C1N=NC(SCC(=O)Nc2ccc(C)c(C)c2)=NC1=O. The van der Waals surface area contributed by atoms with Crippen LogP contribution in [0, 0.1) is 13.8 Å². The molecule has 0 aliphatic carbocycles. The van der Waals surface area contributed by atoms with Crippen LogP contribution in [0.15, 0.2) is 45.7 Å². The smallest absolute Gasteiger partial charge is 0.299 e. The van der Waals surface area contributed by atoms with Gasteiger partial charge in [-0.3, -0.25) is 9.59 Å². The number of amidine groups is 1. The number of aryl methyl sites for hydroxylation is 2. The summed E-state index contributed by atoms with van der Waals surface area (Å²) in [5.41, 5.74) is 3.01. The van der Waals surface area contributed by atoms with Crippen molar-refractivity contribution in [2.75, 3.05) is 11.1 Å². The van der Waals surface area contributed by atoms with Crippen molar-refractivity contribution in [3.05, 3.63) is 41.6 Å². The van der Waals surface area contributed by atoms with Gasteiger partial charge in [0.05, 0.1) is 5.75 Å². The fraction of sp³-hybridized carbons (Fsp3) is 0.214. The fourth-order valence-corrected chi connectivity index (χ4v) is 2.11. The van der Waals surface area contributed by atoms with Gasteiger partial charge < -0.3 is 5.32 Å². The molecule has 0 saturated carbocycles. The summed E-state index contributed by atoms with van der Waals surface area (Å²) in [6.45, 7) is 7.38. The lowest BCUT2D eigenvalue weighted by Crippen LogP contribution is -2.16. The van der Waals surface area contributed by atoms with E-state index < -0.39 is 5.91 Å². The monoisotopic (exact) mass is 302 g/mol. The number of rotatable bonds is 3. The third-order valence-corrected chi connectivity index (χ3v) is 3.66. The Morgan fingerprint density at radius 2 is 2.05 bits per heavy atom. The molecule has 1 heterocycles. The number of benzene rings is 1. The molecule has 0 spiro atoms. The zero-order valence-electron chi connectivity index (χ0n) is 11.7. The predicted molar refractivity (Wildman–Crippen MR) is 83.4 cm³/mol. The molecule has 1 aromatic rings. The maximum Gasteiger partial charge on any atom is 0.299 e. The number of hydrogen-bond donors (Lipinski definition) is 1. The highest BCUT2D eigenvalue weighted by molar-refractivity contribution is 8.14. The van der Waals surface area contributed by atoms with E-state index in [9.17, 15) is 9.59 Å². The van der Waals surface area contributed by atoms with E-state index in [1.807, 2.05) is 32.0 Å². The van der Waals surface area contributed by atoms with Gasteiger partial charge in [-0.2, -0.15) is 4.99 Å². The van der Waals surface area contributed by atoms with E-state index in [-0.39, 0.29) is 22.5 Å². The topological polar surface area (TPSA) is 83.2 Å². The van der Waals surface area contributed by atoms with Gasteiger partial charge in [-0.15, -0.1) is 10.2 Å². The normalized spacial score (nSPS) is 14.1. The number of carbonyl (C=O) groups is 2. The highest BCUT2D eigenvalue weighted by Gasteiger charge is 2.14. The molecule has 21 heavy (non-hydrogen) atoms. The van der Waals surface area contributed by atoms with Gasteiger partial charge in [0.25, 0.3) is 5.91 Å². The number of nitrogens with one attached hydrogen (secondary N) is 1. The van der Waals surface area contributed by atoms with E-state index in [0.29, 0.717) is 0 Å². The number of aliphatic imine (C=N–C) groups is 1. The first-order chi connectivity index (χ1) is 9.95. The highest BCUT2D eigenvalue weighted by Crippen LogP contribution is 2.16. The van der Waals surface area contributed by atoms with E-state index in [1.165, 1.54) is 0 Å². The van der Waals surface area contributed by atoms with Crippen LogP contribution in [0.4, 0.5) is 5.69 Å². The molecule has 2 amide bonds. The van der Waals surface area contributed by atoms with Crippen LogP contribution in [-0.2, 0) is 9.59 Å². The summed E-state index contributed by atoms with van der Waals surface area (Å²) in [5, 5.41) is 10.2. The first kappa shape index (κ1) is 15.1. The summed E-state index contributed by atoms with van der Waals surface area (Å²) in [4.78, 5) is 26.8. The summed E-state index contributed by atoms with van der Waals surface area (Å²) in [7, 11) is 0. The summed E-state index contributed by atoms with van der Waals surface area (Å²) in [5.74, 6) is -0.620. The second-order valence-corrected chi connectivity index (χ2v) is 5.42. The Morgan fingerprint density at radius 3 is 2.71 bits per heavy atom. The maximum atomic E-state index is 11.8. The number of anilines is 1. The summed E-state index contributed by atoms with van der Waals surface area (Å²) in [6, 6.07) is 5.70. The Kier molecular flexibility index (Phi) is 4.64. The van der Waals surface area contributed by atoms with Gasteiger partial charge in [0.2, 0.25) is 11.1 Å². The van der Waals surface area contributed by atoms with Gasteiger partial charge in [0.15, 0.2) is 0 Å². The van der Waals surface area contributed by atoms with Crippen LogP contribution >= 0.6 is 11.8 Å². The summed E-state index contributed by atoms with van der Waals surface area (Å²) >= 11 is 1.05. The number of nitrogens with zero attached hydrogens (tertiary/aromatic N) is 3. The van der Waals surface area contributed by atoms with Crippen molar-refractivity contribution in [1.29, 1.82) is 0 Å². The number of azo groups is 1. The predicted octanol–water partition coefficient (Wildman–Crippen LogP) is 2.84. The number of thioether (sulfide) groups is 1. The maximum absolute atomic E-state index is 11.8. The first-order valence-electron chi connectivity index (χ1n) is 6.19. The Hall–Kier alpha value is -2.28. The minimum Gasteiger partial charge on any atom is -0.325 e.